The summed E-state index contributed by atoms with van der Waals surface area (Å²) in [6.45, 7) is 3.97. The van der Waals surface area contributed by atoms with Crippen LogP contribution in [0.4, 0.5) is 5.69 Å². The zero-order valence-electron chi connectivity index (χ0n) is 14.1. The lowest BCUT2D eigenvalue weighted by molar-refractivity contribution is -0.158. The third-order valence-electron chi connectivity index (χ3n) is 3.85. The number of methoxy groups -OCH3 is 1. The summed E-state index contributed by atoms with van der Waals surface area (Å²) in [6, 6.07) is 7.13. The molecule has 0 aliphatic carbocycles. The van der Waals surface area contributed by atoms with Crippen molar-refractivity contribution < 1.29 is 23.9 Å². The van der Waals surface area contributed by atoms with Gasteiger partial charge in [-0.1, -0.05) is 12.1 Å². The number of nitrogens with zero attached hydrogens (tertiary/aromatic N) is 1. The first-order valence-corrected chi connectivity index (χ1v) is 7.89. The summed E-state index contributed by atoms with van der Waals surface area (Å²) in [5, 5.41) is 2.59. The van der Waals surface area contributed by atoms with Gasteiger partial charge in [-0.05, 0) is 26.0 Å². The van der Waals surface area contributed by atoms with E-state index in [4.69, 9.17) is 9.47 Å². The molecule has 7 nitrogen and oxygen atoms in total. The van der Waals surface area contributed by atoms with Gasteiger partial charge >= 0.3 is 5.97 Å². The van der Waals surface area contributed by atoms with Crippen molar-refractivity contribution in [2.45, 2.75) is 26.4 Å². The predicted octanol–water partition coefficient (Wildman–Crippen LogP) is 1.12. The van der Waals surface area contributed by atoms with Crippen molar-refractivity contribution >= 4 is 23.5 Å². The van der Waals surface area contributed by atoms with Crippen molar-refractivity contribution in [2.75, 3.05) is 25.1 Å². The standard InChI is InChI=1S/C17H22N2O5/c1-4-18-16(21)11(2)24-17(22)12-9-15(20)19(10-12)13-7-5-6-8-14(13)23-3/h5-8,11-12H,4,9-10H2,1-3H3,(H,18,21)/t11-,12-/m1/s1. The number of ether oxygens (including phenoxy) is 2. The Kier molecular flexibility index (Phi) is 5.78. The maximum absolute atomic E-state index is 12.3. The van der Waals surface area contributed by atoms with E-state index in [0.29, 0.717) is 18.0 Å². The molecule has 0 unspecified atom stereocenters. The van der Waals surface area contributed by atoms with Crippen LogP contribution < -0.4 is 15.0 Å². The molecule has 1 aliphatic rings. The Morgan fingerprint density at radius 1 is 1.38 bits per heavy atom. The van der Waals surface area contributed by atoms with E-state index in [-0.39, 0.29) is 24.8 Å². The van der Waals surface area contributed by atoms with Gasteiger partial charge in [0.15, 0.2) is 6.10 Å². The molecule has 7 heteroatoms. The summed E-state index contributed by atoms with van der Waals surface area (Å²) >= 11 is 0. The van der Waals surface area contributed by atoms with Crippen LogP contribution in [0.1, 0.15) is 20.3 Å². The lowest BCUT2D eigenvalue weighted by Crippen LogP contribution is -2.37. The van der Waals surface area contributed by atoms with Crippen molar-refractivity contribution in [2.24, 2.45) is 5.92 Å². The molecule has 1 saturated heterocycles. The topological polar surface area (TPSA) is 84.9 Å². The summed E-state index contributed by atoms with van der Waals surface area (Å²) in [7, 11) is 1.53. The number of hydrogen-bond acceptors (Lipinski definition) is 5. The lowest BCUT2D eigenvalue weighted by Gasteiger charge is -2.19. The Bertz CT molecular complexity index is 631. The second kappa shape index (κ2) is 7.81. The van der Waals surface area contributed by atoms with E-state index >= 15 is 0 Å². The minimum atomic E-state index is -0.882. The Morgan fingerprint density at radius 3 is 2.75 bits per heavy atom. The van der Waals surface area contributed by atoms with Gasteiger partial charge < -0.3 is 19.7 Å². The number of benzene rings is 1. The van der Waals surface area contributed by atoms with Gasteiger partial charge in [-0.3, -0.25) is 14.4 Å². The maximum Gasteiger partial charge on any atom is 0.312 e. The molecule has 0 spiro atoms. The molecular weight excluding hydrogens is 312 g/mol. The molecule has 0 radical (unpaired) electrons. The van der Waals surface area contributed by atoms with Gasteiger partial charge in [-0.2, -0.15) is 0 Å². The fourth-order valence-electron chi connectivity index (χ4n) is 2.59. The number of carbonyl (C=O) groups is 3. The van der Waals surface area contributed by atoms with Gasteiger partial charge in [0.05, 0.1) is 18.7 Å². The predicted molar refractivity (Wildman–Crippen MR) is 87.7 cm³/mol. The van der Waals surface area contributed by atoms with E-state index in [1.807, 2.05) is 6.07 Å². The Balaban J connectivity index is 2.04. The number of rotatable bonds is 6. The number of carbonyl (C=O) groups excluding carboxylic acids is 3. The van der Waals surface area contributed by atoms with E-state index < -0.39 is 18.0 Å². The summed E-state index contributed by atoms with van der Waals surface area (Å²) in [4.78, 5) is 37.7. The maximum atomic E-state index is 12.3. The van der Waals surface area contributed by atoms with Gasteiger partial charge in [0, 0.05) is 19.5 Å². The van der Waals surface area contributed by atoms with Gasteiger partial charge in [0.2, 0.25) is 5.91 Å². The van der Waals surface area contributed by atoms with Crippen LogP contribution in [0.15, 0.2) is 24.3 Å². The summed E-state index contributed by atoms with van der Waals surface area (Å²) in [5.74, 6) is -1.10. The number of esters is 1. The smallest absolute Gasteiger partial charge is 0.312 e. The average Bonchev–Trinajstić information content (AvgIpc) is 2.96. The molecule has 0 saturated carbocycles. The SMILES string of the molecule is CCNC(=O)[C@@H](C)OC(=O)[C@@H]1CC(=O)N(c2ccccc2OC)C1. The minimum absolute atomic E-state index is 0.0546. The van der Waals surface area contributed by atoms with Crippen molar-refractivity contribution in [3.8, 4) is 5.75 Å². The third kappa shape index (κ3) is 3.84. The normalized spacial score (nSPS) is 18.2. The molecule has 1 aromatic rings. The highest BCUT2D eigenvalue weighted by molar-refractivity contribution is 6.00. The van der Waals surface area contributed by atoms with Crippen LogP contribution in [-0.4, -0.2) is 44.1 Å². The van der Waals surface area contributed by atoms with Gasteiger partial charge in [0.1, 0.15) is 5.75 Å². The molecule has 1 aliphatic heterocycles. The second-order valence-corrected chi connectivity index (χ2v) is 5.55. The molecule has 2 rings (SSSR count). The first-order valence-electron chi connectivity index (χ1n) is 7.89. The minimum Gasteiger partial charge on any atom is -0.495 e. The molecular formula is C17H22N2O5. The van der Waals surface area contributed by atoms with Crippen LogP contribution in [0.2, 0.25) is 0 Å². The Labute approximate surface area is 140 Å². The highest BCUT2D eigenvalue weighted by Gasteiger charge is 2.38. The molecule has 24 heavy (non-hydrogen) atoms. The zero-order chi connectivity index (χ0) is 17.7. The van der Waals surface area contributed by atoms with Crippen molar-refractivity contribution in [3.63, 3.8) is 0 Å². The monoisotopic (exact) mass is 334 g/mol. The third-order valence-corrected chi connectivity index (χ3v) is 3.85. The van der Waals surface area contributed by atoms with Crippen LogP contribution >= 0.6 is 0 Å². The number of amides is 2. The van der Waals surface area contributed by atoms with Crippen molar-refractivity contribution in [3.05, 3.63) is 24.3 Å². The lowest BCUT2D eigenvalue weighted by atomic mass is 10.1. The Hall–Kier alpha value is -2.57. The van der Waals surface area contributed by atoms with E-state index in [0.717, 1.165) is 0 Å². The van der Waals surface area contributed by atoms with Gasteiger partial charge in [-0.15, -0.1) is 0 Å². The second-order valence-electron chi connectivity index (χ2n) is 5.55. The van der Waals surface area contributed by atoms with E-state index in [9.17, 15) is 14.4 Å². The van der Waals surface area contributed by atoms with Crippen molar-refractivity contribution in [1.82, 2.24) is 5.32 Å². The summed E-state index contributed by atoms with van der Waals surface area (Å²) in [5.41, 5.74) is 0.622. The van der Waals surface area contributed by atoms with Crippen LogP contribution in [-0.2, 0) is 19.1 Å². The van der Waals surface area contributed by atoms with Crippen LogP contribution in [0.5, 0.6) is 5.75 Å². The molecule has 1 aromatic carbocycles. The van der Waals surface area contributed by atoms with E-state index in [2.05, 4.69) is 5.32 Å². The van der Waals surface area contributed by atoms with Gasteiger partial charge in [0.25, 0.3) is 5.91 Å². The van der Waals surface area contributed by atoms with Crippen molar-refractivity contribution in [1.29, 1.82) is 0 Å². The summed E-state index contributed by atoms with van der Waals surface area (Å²) < 4.78 is 10.4. The number of nitrogens with one attached hydrogen (secondary N) is 1. The van der Waals surface area contributed by atoms with Crippen LogP contribution in [0.25, 0.3) is 0 Å². The highest BCUT2D eigenvalue weighted by atomic mass is 16.5. The fourth-order valence-corrected chi connectivity index (χ4v) is 2.59. The number of likely N-dealkylation sites (N-methyl/N-ethyl adjacent to an activating group) is 1. The fraction of sp³-hybridized carbons (Fsp3) is 0.471. The molecule has 0 aromatic heterocycles. The molecule has 130 valence electrons. The number of hydrogen-bond donors (Lipinski definition) is 1. The number of para-hydroxylation sites is 2. The molecule has 1 fully saturated rings. The molecule has 2 atom stereocenters. The quantitative estimate of drug-likeness (QED) is 0.788. The largest absolute Gasteiger partial charge is 0.495 e. The molecule has 1 N–H and O–H groups in total. The van der Waals surface area contributed by atoms with Crippen LogP contribution in [0.3, 0.4) is 0 Å². The zero-order valence-corrected chi connectivity index (χ0v) is 14.1. The average molecular weight is 334 g/mol. The van der Waals surface area contributed by atoms with Crippen LogP contribution in [0, 0.1) is 5.92 Å². The molecule has 0 bridgehead atoms. The number of anilines is 1. The molecule has 2 amide bonds. The Morgan fingerprint density at radius 2 is 2.08 bits per heavy atom. The first-order chi connectivity index (χ1) is 11.5. The molecule has 1 heterocycles. The highest BCUT2D eigenvalue weighted by Crippen LogP contribution is 2.33. The summed E-state index contributed by atoms with van der Waals surface area (Å²) in [6.07, 6.45) is -0.827. The van der Waals surface area contributed by atoms with E-state index in [1.165, 1.54) is 18.9 Å². The first kappa shape index (κ1) is 17.8. The van der Waals surface area contributed by atoms with Gasteiger partial charge in [-0.25, -0.2) is 0 Å². The van der Waals surface area contributed by atoms with E-state index in [1.54, 1.807) is 25.1 Å².